The van der Waals surface area contributed by atoms with Crippen LogP contribution in [-0.2, 0) is 0 Å². The third kappa shape index (κ3) is 3.52. The summed E-state index contributed by atoms with van der Waals surface area (Å²) in [6, 6.07) is 10.5. The van der Waals surface area contributed by atoms with Gasteiger partial charge >= 0.3 is 5.97 Å². The maximum absolute atomic E-state index is 12.1. The molecule has 0 radical (unpaired) electrons. The smallest absolute Gasteiger partial charge is 0.335 e. The second kappa shape index (κ2) is 6.28. The number of carboxylic acids is 1. The minimum atomic E-state index is -1.04. The molecule has 5 nitrogen and oxygen atoms in total. The second-order valence-electron chi connectivity index (χ2n) is 4.18. The fraction of sp³-hybridized carbons (Fsp3) is 0.0667. The van der Waals surface area contributed by atoms with Gasteiger partial charge in [-0.25, -0.2) is 4.79 Å². The number of nitrogens with one attached hydrogen (secondary N) is 1. The van der Waals surface area contributed by atoms with E-state index in [9.17, 15) is 9.59 Å². The summed E-state index contributed by atoms with van der Waals surface area (Å²) in [6.45, 7) is 0. The van der Waals surface area contributed by atoms with Crippen LogP contribution in [0.15, 0.2) is 42.5 Å². The Morgan fingerprint density at radius 2 is 1.71 bits per heavy atom. The summed E-state index contributed by atoms with van der Waals surface area (Å²) in [7, 11) is 1.49. The minimum Gasteiger partial charge on any atom is -0.495 e. The number of carbonyl (C=O) groups is 2. The Morgan fingerprint density at radius 1 is 1.10 bits per heavy atom. The van der Waals surface area contributed by atoms with Crippen LogP contribution in [0.1, 0.15) is 20.7 Å². The Bertz CT molecular complexity index is 683. The van der Waals surface area contributed by atoms with Crippen LogP contribution in [0.4, 0.5) is 5.69 Å². The van der Waals surface area contributed by atoms with E-state index in [2.05, 4.69) is 5.32 Å². The molecule has 21 heavy (non-hydrogen) atoms. The summed E-state index contributed by atoms with van der Waals surface area (Å²) in [5.41, 5.74) is 0.895. The van der Waals surface area contributed by atoms with E-state index in [1.165, 1.54) is 31.4 Å². The molecular formula is C15H12ClNO4. The predicted octanol–water partition coefficient (Wildman–Crippen LogP) is 3.30. The van der Waals surface area contributed by atoms with Crippen molar-refractivity contribution in [3.63, 3.8) is 0 Å². The summed E-state index contributed by atoms with van der Waals surface area (Å²) < 4.78 is 5.14. The Morgan fingerprint density at radius 3 is 2.29 bits per heavy atom. The molecule has 1 amide bonds. The van der Waals surface area contributed by atoms with Crippen LogP contribution in [0, 0.1) is 0 Å². The van der Waals surface area contributed by atoms with Gasteiger partial charge in [-0.1, -0.05) is 11.6 Å². The molecule has 0 spiro atoms. The lowest BCUT2D eigenvalue weighted by atomic mass is 10.1. The third-order valence-electron chi connectivity index (χ3n) is 2.80. The van der Waals surface area contributed by atoms with Crippen LogP contribution in [0.25, 0.3) is 0 Å². The number of rotatable bonds is 4. The van der Waals surface area contributed by atoms with E-state index in [4.69, 9.17) is 21.4 Å². The minimum absolute atomic E-state index is 0.117. The summed E-state index contributed by atoms with van der Waals surface area (Å²) in [4.78, 5) is 22.9. The second-order valence-corrected chi connectivity index (χ2v) is 4.62. The maximum atomic E-state index is 12.1. The van der Waals surface area contributed by atoms with Gasteiger partial charge in [-0.05, 0) is 42.5 Å². The van der Waals surface area contributed by atoms with E-state index in [1.807, 2.05) is 0 Å². The molecule has 0 aliphatic heterocycles. The summed E-state index contributed by atoms with van der Waals surface area (Å²) in [5.74, 6) is -0.944. The number of ether oxygens (including phenoxy) is 1. The predicted molar refractivity (Wildman–Crippen MR) is 79.4 cm³/mol. The molecule has 2 rings (SSSR count). The lowest BCUT2D eigenvalue weighted by Gasteiger charge is -2.10. The van der Waals surface area contributed by atoms with Crippen molar-refractivity contribution in [3.8, 4) is 5.75 Å². The van der Waals surface area contributed by atoms with E-state index in [0.29, 0.717) is 22.0 Å². The molecule has 108 valence electrons. The molecule has 0 atom stereocenters. The van der Waals surface area contributed by atoms with Gasteiger partial charge in [0, 0.05) is 10.6 Å². The quantitative estimate of drug-likeness (QED) is 0.908. The lowest BCUT2D eigenvalue weighted by Crippen LogP contribution is -2.13. The number of halogens is 1. The Hall–Kier alpha value is -2.53. The van der Waals surface area contributed by atoms with Gasteiger partial charge in [-0.2, -0.15) is 0 Å². The zero-order valence-electron chi connectivity index (χ0n) is 11.1. The maximum Gasteiger partial charge on any atom is 0.335 e. The molecule has 6 heteroatoms. The van der Waals surface area contributed by atoms with Gasteiger partial charge < -0.3 is 15.2 Å². The van der Waals surface area contributed by atoms with Crippen molar-refractivity contribution in [2.45, 2.75) is 0 Å². The van der Waals surface area contributed by atoms with Crippen molar-refractivity contribution in [1.29, 1.82) is 0 Å². The van der Waals surface area contributed by atoms with Crippen molar-refractivity contribution < 1.29 is 19.4 Å². The van der Waals surface area contributed by atoms with Crippen LogP contribution in [0.3, 0.4) is 0 Å². The van der Waals surface area contributed by atoms with Crippen LogP contribution >= 0.6 is 11.6 Å². The number of hydrogen-bond donors (Lipinski definition) is 2. The Balaban J connectivity index is 2.21. The van der Waals surface area contributed by atoms with E-state index in [-0.39, 0.29) is 11.5 Å². The van der Waals surface area contributed by atoms with E-state index in [1.54, 1.807) is 18.2 Å². The molecule has 0 saturated heterocycles. The molecule has 0 heterocycles. The highest BCUT2D eigenvalue weighted by Crippen LogP contribution is 2.28. The number of aromatic carboxylic acids is 1. The normalized spacial score (nSPS) is 10.0. The van der Waals surface area contributed by atoms with Gasteiger partial charge in [-0.15, -0.1) is 0 Å². The van der Waals surface area contributed by atoms with Gasteiger partial charge in [0.1, 0.15) is 5.75 Å². The zero-order valence-corrected chi connectivity index (χ0v) is 11.8. The average molecular weight is 306 g/mol. The van der Waals surface area contributed by atoms with Crippen LogP contribution in [-0.4, -0.2) is 24.1 Å². The van der Waals surface area contributed by atoms with Crippen molar-refractivity contribution in [3.05, 3.63) is 58.6 Å². The molecule has 0 aliphatic carbocycles. The van der Waals surface area contributed by atoms with Crippen LogP contribution in [0.5, 0.6) is 5.75 Å². The van der Waals surface area contributed by atoms with Gasteiger partial charge in [0.25, 0.3) is 5.91 Å². The van der Waals surface area contributed by atoms with E-state index < -0.39 is 5.97 Å². The number of carboxylic acid groups (broad SMARTS) is 1. The fourth-order valence-electron chi connectivity index (χ4n) is 1.74. The highest BCUT2D eigenvalue weighted by Gasteiger charge is 2.11. The van der Waals surface area contributed by atoms with Crippen LogP contribution in [0.2, 0.25) is 5.02 Å². The molecule has 2 aromatic rings. The van der Waals surface area contributed by atoms with Crippen molar-refractivity contribution in [1.82, 2.24) is 0 Å². The van der Waals surface area contributed by atoms with E-state index >= 15 is 0 Å². The number of anilines is 1. The van der Waals surface area contributed by atoms with Gasteiger partial charge in [0.05, 0.1) is 18.4 Å². The molecule has 0 fully saturated rings. The standard InChI is InChI=1S/C15H12ClNO4/c1-21-13-7-6-11(16)8-12(13)17-14(18)9-2-4-10(5-3-9)15(19)20/h2-8H,1H3,(H,17,18)(H,19,20). The third-order valence-corrected chi connectivity index (χ3v) is 3.04. The Kier molecular flexibility index (Phi) is 4.45. The molecule has 0 aromatic heterocycles. The van der Waals surface area contributed by atoms with Crippen molar-refractivity contribution >= 4 is 29.2 Å². The monoisotopic (exact) mass is 305 g/mol. The first-order chi connectivity index (χ1) is 10.0. The van der Waals surface area contributed by atoms with Gasteiger partial charge in [-0.3, -0.25) is 4.79 Å². The number of carbonyl (C=O) groups excluding carboxylic acids is 1. The molecule has 0 bridgehead atoms. The van der Waals surface area contributed by atoms with Crippen molar-refractivity contribution in [2.24, 2.45) is 0 Å². The van der Waals surface area contributed by atoms with Gasteiger partial charge in [0.15, 0.2) is 0 Å². The number of hydrogen-bond acceptors (Lipinski definition) is 3. The highest BCUT2D eigenvalue weighted by atomic mass is 35.5. The number of amides is 1. The molecule has 0 saturated carbocycles. The summed E-state index contributed by atoms with van der Waals surface area (Å²) >= 11 is 5.89. The fourth-order valence-corrected chi connectivity index (χ4v) is 1.91. The van der Waals surface area contributed by atoms with E-state index in [0.717, 1.165) is 0 Å². The molecule has 0 aliphatic rings. The highest BCUT2D eigenvalue weighted by molar-refractivity contribution is 6.31. The average Bonchev–Trinajstić information content (AvgIpc) is 2.47. The number of benzene rings is 2. The zero-order chi connectivity index (χ0) is 15.4. The largest absolute Gasteiger partial charge is 0.495 e. The van der Waals surface area contributed by atoms with Gasteiger partial charge in [0.2, 0.25) is 0 Å². The molecular weight excluding hydrogens is 294 g/mol. The first kappa shape index (κ1) is 14.9. The molecule has 2 aromatic carbocycles. The van der Waals surface area contributed by atoms with Crippen LogP contribution < -0.4 is 10.1 Å². The topological polar surface area (TPSA) is 75.6 Å². The number of methoxy groups -OCH3 is 1. The molecule has 2 N–H and O–H groups in total. The van der Waals surface area contributed by atoms with Crippen molar-refractivity contribution in [2.75, 3.05) is 12.4 Å². The Labute approximate surface area is 126 Å². The first-order valence-electron chi connectivity index (χ1n) is 5.99. The molecule has 0 unspecified atom stereocenters. The first-order valence-corrected chi connectivity index (χ1v) is 6.37. The summed E-state index contributed by atoms with van der Waals surface area (Å²) in [5, 5.41) is 12.0. The SMILES string of the molecule is COc1ccc(Cl)cc1NC(=O)c1ccc(C(=O)O)cc1. The summed E-state index contributed by atoms with van der Waals surface area (Å²) in [6.07, 6.45) is 0. The lowest BCUT2D eigenvalue weighted by molar-refractivity contribution is 0.0696.